The molecule has 156 valence electrons. The number of hydrogen-bond acceptors (Lipinski definition) is 3. The van der Waals surface area contributed by atoms with Gasteiger partial charge in [0.2, 0.25) is 0 Å². The highest BCUT2D eigenvalue weighted by molar-refractivity contribution is 6.30. The van der Waals surface area contributed by atoms with E-state index in [9.17, 15) is 5.11 Å². The number of hydrogen-bond donors (Lipinski definition) is 2. The third-order valence-corrected chi connectivity index (χ3v) is 6.11. The minimum atomic E-state index is -0.287. The van der Waals surface area contributed by atoms with Gasteiger partial charge in [-0.2, -0.15) is 0 Å². The molecule has 0 spiro atoms. The Bertz CT molecular complexity index is 914. The number of aromatic nitrogens is 1. The van der Waals surface area contributed by atoms with Crippen molar-refractivity contribution in [3.63, 3.8) is 0 Å². The molecule has 5 nitrogen and oxygen atoms in total. The van der Waals surface area contributed by atoms with Crippen molar-refractivity contribution >= 4 is 29.5 Å². The van der Waals surface area contributed by atoms with E-state index in [4.69, 9.17) is 17.0 Å². The van der Waals surface area contributed by atoms with Crippen molar-refractivity contribution < 1.29 is 5.11 Å². The van der Waals surface area contributed by atoms with Gasteiger partial charge in [-0.1, -0.05) is 11.6 Å². The maximum Gasteiger partial charge on any atom is 0.148 e. The van der Waals surface area contributed by atoms with Crippen molar-refractivity contribution in [2.45, 2.75) is 53.6 Å². The summed E-state index contributed by atoms with van der Waals surface area (Å²) in [7, 11) is 0. The Kier molecular flexibility index (Phi) is 6.49. The summed E-state index contributed by atoms with van der Waals surface area (Å²) in [5, 5.41) is 19.5. The van der Waals surface area contributed by atoms with Crippen LogP contribution in [-0.4, -0.2) is 45.8 Å². The number of aryl methyl sites for hydroxylation is 3. The topological polar surface area (TPSA) is 64.6 Å². The number of piperidine rings is 1. The molecule has 0 bridgehead atoms. The smallest absolute Gasteiger partial charge is 0.148 e. The molecule has 1 saturated heterocycles. The standard InChI is InChI=1S/C23H31ClN4O/c1-6-26-23-20(22(25)27-9-7-18(8-10-27)17(5)29)16(4)13-28(23)21-14(2)11-19(24)12-15(21)3/h6,11-13,17-18,25,29H,7-10H2,1-5H3. The third-order valence-electron chi connectivity index (χ3n) is 5.89. The number of benzene rings is 1. The van der Waals surface area contributed by atoms with Gasteiger partial charge in [-0.05, 0) is 82.2 Å². The molecule has 2 aromatic rings. The number of amidine groups is 1. The van der Waals surface area contributed by atoms with Crippen LogP contribution in [0.3, 0.4) is 0 Å². The highest BCUT2D eigenvalue weighted by atomic mass is 35.5. The van der Waals surface area contributed by atoms with Gasteiger partial charge in [0.25, 0.3) is 0 Å². The normalized spacial score (nSPS) is 16.6. The number of halogens is 1. The summed E-state index contributed by atoms with van der Waals surface area (Å²) in [5.74, 6) is 1.61. The Labute approximate surface area is 178 Å². The number of likely N-dealkylation sites (tertiary alicyclic amines) is 1. The fraction of sp³-hybridized carbons (Fsp3) is 0.478. The molecule has 3 rings (SSSR count). The molecule has 0 saturated carbocycles. The predicted molar refractivity (Wildman–Crippen MR) is 122 cm³/mol. The molecule has 6 heteroatoms. The van der Waals surface area contributed by atoms with Crippen molar-refractivity contribution in [2.75, 3.05) is 13.1 Å². The van der Waals surface area contributed by atoms with E-state index < -0.39 is 0 Å². The number of aliphatic hydroxyl groups is 1. The minimum Gasteiger partial charge on any atom is -0.393 e. The molecule has 2 N–H and O–H groups in total. The number of aliphatic hydroxyl groups excluding tert-OH is 1. The molecule has 0 aliphatic carbocycles. The Balaban J connectivity index is 2.02. The molecule has 0 radical (unpaired) electrons. The lowest BCUT2D eigenvalue weighted by Gasteiger charge is -2.35. The molecule has 29 heavy (non-hydrogen) atoms. The van der Waals surface area contributed by atoms with Gasteiger partial charge in [0.1, 0.15) is 11.7 Å². The van der Waals surface area contributed by atoms with Gasteiger partial charge >= 0.3 is 0 Å². The average Bonchev–Trinajstić information content (AvgIpc) is 2.96. The summed E-state index contributed by atoms with van der Waals surface area (Å²) in [6.07, 6.45) is 5.37. The molecular formula is C23H31ClN4O. The number of rotatable bonds is 4. The van der Waals surface area contributed by atoms with Gasteiger partial charge in [0.05, 0.1) is 17.4 Å². The van der Waals surface area contributed by atoms with Crippen molar-refractivity contribution in [3.8, 4) is 5.69 Å². The van der Waals surface area contributed by atoms with E-state index in [0.29, 0.717) is 11.8 Å². The molecule has 1 aromatic heterocycles. The highest BCUT2D eigenvalue weighted by Crippen LogP contribution is 2.34. The summed E-state index contributed by atoms with van der Waals surface area (Å²) in [4.78, 5) is 6.78. The lowest BCUT2D eigenvalue weighted by atomic mass is 9.92. The fourth-order valence-corrected chi connectivity index (χ4v) is 4.70. The zero-order chi connectivity index (χ0) is 21.3. The van der Waals surface area contributed by atoms with E-state index in [0.717, 1.165) is 64.7 Å². The molecule has 1 aliphatic heterocycles. The summed E-state index contributed by atoms with van der Waals surface area (Å²) in [5.41, 5.74) is 5.11. The van der Waals surface area contributed by atoms with Crippen LogP contribution in [0.25, 0.3) is 5.69 Å². The molecule has 1 fully saturated rings. The van der Waals surface area contributed by atoms with E-state index in [2.05, 4.69) is 34.5 Å². The van der Waals surface area contributed by atoms with Crippen molar-refractivity contribution in [2.24, 2.45) is 10.9 Å². The largest absolute Gasteiger partial charge is 0.393 e. The van der Waals surface area contributed by atoms with Gasteiger partial charge in [-0.15, -0.1) is 0 Å². The molecule has 2 heterocycles. The van der Waals surface area contributed by atoms with Gasteiger partial charge in [0.15, 0.2) is 0 Å². The lowest BCUT2D eigenvalue weighted by molar-refractivity contribution is 0.0889. The van der Waals surface area contributed by atoms with Gasteiger partial charge in [-0.3, -0.25) is 5.41 Å². The summed E-state index contributed by atoms with van der Waals surface area (Å²) >= 11 is 6.24. The van der Waals surface area contributed by atoms with Crippen LogP contribution < -0.4 is 0 Å². The number of nitrogens with one attached hydrogen (secondary N) is 1. The van der Waals surface area contributed by atoms with Gasteiger partial charge < -0.3 is 14.6 Å². The van der Waals surface area contributed by atoms with Crippen LogP contribution in [0.15, 0.2) is 23.3 Å². The molecular weight excluding hydrogens is 384 g/mol. The van der Waals surface area contributed by atoms with Crippen LogP contribution in [0.5, 0.6) is 0 Å². The molecule has 1 atom stereocenters. The fourth-order valence-electron chi connectivity index (χ4n) is 4.37. The van der Waals surface area contributed by atoms with Crippen molar-refractivity contribution in [1.82, 2.24) is 9.47 Å². The first-order valence-electron chi connectivity index (χ1n) is 10.2. The first kappa shape index (κ1) is 21.6. The van der Waals surface area contributed by atoms with Crippen molar-refractivity contribution in [1.29, 1.82) is 5.41 Å². The summed E-state index contributed by atoms with van der Waals surface area (Å²) in [6.45, 7) is 11.5. The van der Waals surface area contributed by atoms with Crippen LogP contribution in [0.2, 0.25) is 5.02 Å². The Morgan fingerprint density at radius 2 is 1.79 bits per heavy atom. The maximum absolute atomic E-state index is 9.87. The quantitative estimate of drug-likeness (QED) is 0.533. The molecule has 1 unspecified atom stereocenters. The summed E-state index contributed by atoms with van der Waals surface area (Å²) in [6, 6.07) is 3.93. The Morgan fingerprint density at radius 3 is 2.31 bits per heavy atom. The van der Waals surface area contributed by atoms with Crippen LogP contribution >= 0.6 is 11.6 Å². The van der Waals surface area contributed by atoms with Crippen LogP contribution in [0, 0.1) is 32.1 Å². The number of aliphatic imine (C=N–C) groups is 1. The number of nitrogens with zero attached hydrogens (tertiary/aromatic N) is 3. The van der Waals surface area contributed by atoms with Crippen molar-refractivity contribution in [3.05, 3.63) is 45.6 Å². The van der Waals surface area contributed by atoms with Crippen LogP contribution in [-0.2, 0) is 0 Å². The zero-order valence-electron chi connectivity index (χ0n) is 18.0. The minimum absolute atomic E-state index is 0.287. The first-order valence-corrected chi connectivity index (χ1v) is 10.6. The lowest BCUT2D eigenvalue weighted by Crippen LogP contribution is -2.40. The molecule has 1 aliphatic rings. The van der Waals surface area contributed by atoms with Gasteiger partial charge in [0, 0.05) is 30.5 Å². The second kappa shape index (κ2) is 8.72. The van der Waals surface area contributed by atoms with E-state index in [1.165, 1.54) is 0 Å². The maximum atomic E-state index is 9.87. The Morgan fingerprint density at radius 1 is 1.21 bits per heavy atom. The predicted octanol–water partition coefficient (Wildman–Crippen LogP) is 5.20. The van der Waals surface area contributed by atoms with E-state index in [1.54, 1.807) is 6.21 Å². The van der Waals surface area contributed by atoms with E-state index in [1.807, 2.05) is 32.9 Å². The van der Waals surface area contributed by atoms with Crippen LogP contribution in [0.1, 0.15) is 48.9 Å². The highest BCUT2D eigenvalue weighted by Gasteiger charge is 2.28. The van der Waals surface area contributed by atoms with E-state index >= 15 is 0 Å². The molecule has 0 amide bonds. The average molecular weight is 415 g/mol. The Hall–Kier alpha value is -2.11. The van der Waals surface area contributed by atoms with Gasteiger partial charge in [-0.25, -0.2) is 4.99 Å². The van der Waals surface area contributed by atoms with E-state index in [-0.39, 0.29) is 6.10 Å². The SMILES string of the molecule is CC=Nc1c(C(=N)N2CCC(C(C)O)CC2)c(C)cn1-c1c(C)cc(Cl)cc1C. The molecule has 1 aromatic carbocycles. The second-order valence-electron chi connectivity index (χ2n) is 8.07. The van der Waals surface area contributed by atoms with Crippen LogP contribution in [0.4, 0.5) is 5.82 Å². The zero-order valence-corrected chi connectivity index (χ0v) is 18.7. The summed E-state index contributed by atoms with van der Waals surface area (Å²) < 4.78 is 2.09. The monoisotopic (exact) mass is 414 g/mol. The first-order chi connectivity index (χ1) is 13.7. The third kappa shape index (κ3) is 4.26. The second-order valence-corrected chi connectivity index (χ2v) is 8.51.